The summed E-state index contributed by atoms with van der Waals surface area (Å²) in [5.41, 5.74) is 3.73. The second-order valence-corrected chi connectivity index (χ2v) is 7.08. The van der Waals surface area contributed by atoms with E-state index in [2.05, 4.69) is 15.2 Å². The van der Waals surface area contributed by atoms with Crippen LogP contribution in [0.4, 0.5) is 10.1 Å². The quantitative estimate of drug-likeness (QED) is 0.809. The minimum Gasteiger partial charge on any atom is -0.382 e. The Morgan fingerprint density at radius 1 is 1.21 bits per heavy atom. The van der Waals surface area contributed by atoms with Gasteiger partial charge in [-0.25, -0.2) is 4.39 Å². The van der Waals surface area contributed by atoms with Gasteiger partial charge in [0.1, 0.15) is 5.82 Å². The van der Waals surface area contributed by atoms with Gasteiger partial charge in [-0.1, -0.05) is 5.16 Å². The summed E-state index contributed by atoms with van der Waals surface area (Å²) in [5, 5.41) is 8.49. The maximum absolute atomic E-state index is 13.1. The van der Waals surface area contributed by atoms with Crippen LogP contribution in [0.15, 0.2) is 35.6 Å². The first kappa shape index (κ1) is 18.5. The number of hydrogen-bond donors (Lipinski definition) is 0. The van der Waals surface area contributed by atoms with E-state index in [1.165, 1.54) is 12.1 Å². The Hall–Kier alpha value is -2.90. The maximum Gasteiger partial charge on any atom is 0.267 e. The molecule has 7 nitrogen and oxygen atoms in total. The maximum atomic E-state index is 13.1. The van der Waals surface area contributed by atoms with E-state index in [1.807, 2.05) is 23.4 Å². The molecular formula is C20H24FN5O2. The molecule has 0 bridgehead atoms. The Labute approximate surface area is 163 Å². The van der Waals surface area contributed by atoms with Crippen molar-refractivity contribution in [2.75, 3.05) is 31.1 Å². The molecule has 1 aromatic heterocycles. The Morgan fingerprint density at radius 2 is 1.93 bits per heavy atom. The number of oxime groups is 1. The van der Waals surface area contributed by atoms with Crippen LogP contribution in [0.1, 0.15) is 24.6 Å². The molecule has 2 aliphatic rings. The molecule has 1 unspecified atom stereocenters. The largest absolute Gasteiger partial charge is 0.382 e. The third-order valence-corrected chi connectivity index (χ3v) is 5.44. The number of anilines is 1. The normalized spacial score (nSPS) is 19.5. The SMILES string of the molecule is CCn1ncc(C2=NOC(C(=O)N3CCN(c4ccc(F)cc4)CC3)C2)c1C. The van der Waals surface area contributed by atoms with Gasteiger partial charge in [0.25, 0.3) is 5.91 Å². The van der Waals surface area contributed by atoms with Crippen molar-refractivity contribution in [3.63, 3.8) is 0 Å². The van der Waals surface area contributed by atoms with Crippen LogP contribution in [0.5, 0.6) is 0 Å². The average Bonchev–Trinajstić information content (AvgIpc) is 3.34. The van der Waals surface area contributed by atoms with Gasteiger partial charge in [-0.3, -0.25) is 9.48 Å². The third kappa shape index (κ3) is 3.46. The summed E-state index contributed by atoms with van der Waals surface area (Å²) in [6.07, 6.45) is 1.68. The summed E-state index contributed by atoms with van der Waals surface area (Å²) < 4.78 is 15.0. The predicted molar refractivity (Wildman–Crippen MR) is 104 cm³/mol. The highest BCUT2D eigenvalue weighted by Gasteiger charge is 2.34. The molecule has 1 aromatic carbocycles. The Balaban J connectivity index is 1.34. The smallest absolute Gasteiger partial charge is 0.267 e. The molecule has 0 radical (unpaired) electrons. The van der Waals surface area contributed by atoms with Gasteiger partial charge in [0.05, 0.1) is 11.9 Å². The highest BCUT2D eigenvalue weighted by Crippen LogP contribution is 2.22. The first-order valence-electron chi connectivity index (χ1n) is 9.61. The average molecular weight is 385 g/mol. The van der Waals surface area contributed by atoms with E-state index in [-0.39, 0.29) is 11.7 Å². The van der Waals surface area contributed by atoms with Crippen molar-refractivity contribution in [2.45, 2.75) is 32.9 Å². The zero-order valence-electron chi connectivity index (χ0n) is 16.1. The van der Waals surface area contributed by atoms with Crippen LogP contribution in [0.2, 0.25) is 0 Å². The molecule has 0 spiro atoms. The fourth-order valence-corrected chi connectivity index (χ4v) is 3.76. The molecule has 1 atom stereocenters. The minimum atomic E-state index is -0.572. The lowest BCUT2D eigenvalue weighted by Gasteiger charge is -2.36. The van der Waals surface area contributed by atoms with Crippen molar-refractivity contribution in [1.82, 2.24) is 14.7 Å². The lowest BCUT2D eigenvalue weighted by atomic mass is 10.0. The summed E-state index contributed by atoms with van der Waals surface area (Å²) in [4.78, 5) is 22.3. The van der Waals surface area contributed by atoms with Crippen LogP contribution in [0.25, 0.3) is 0 Å². The molecule has 0 saturated carbocycles. The second-order valence-electron chi connectivity index (χ2n) is 7.08. The van der Waals surface area contributed by atoms with E-state index < -0.39 is 6.10 Å². The molecule has 2 aliphatic heterocycles. The van der Waals surface area contributed by atoms with E-state index in [4.69, 9.17) is 4.84 Å². The number of amides is 1. The number of aryl methyl sites for hydroxylation is 1. The lowest BCUT2D eigenvalue weighted by Crippen LogP contribution is -2.51. The molecule has 3 heterocycles. The second kappa shape index (κ2) is 7.61. The molecule has 1 fully saturated rings. The highest BCUT2D eigenvalue weighted by atomic mass is 19.1. The third-order valence-electron chi connectivity index (χ3n) is 5.44. The molecule has 8 heteroatoms. The first-order valence-corrected chi connectivity index (χ1v) is 9.61. The van der Waals surface area contributed by atoms with Gasteiger partial charge < -0.3 is 14.6 Å². The molecule has 0 aliphatic carbocycles. The molecule has 148 valence electrons. The summed E-state index contributed by atoms with van der Waals surface area (Å²) in [6, 6.07) is 6.46. The topological polar surface area (TPSA) is 63.0 Å². The number of hydrogen-bond acceptors (Lipinski definition) is 5. The molecule has 1 saturated heterocycles. The van der Waals surface area contributed by atoms with Crippen molar-refractivity contribution in [3.8, 4) is 0 Å². The van der Waals surface area contributed by atoms with Crippen LogP contribution in [0.3, 0.4) is 0 Å². The van der Waals surface area contributed by atoms with E-state index in [0.29, 0.717) is 32.6 Å². The fraction of sp³-hybridized carbons (Fsp3) is 0.450. The lowest BCUT2D eigenvalue weighted by molar-refractivity contribution is -0.142. The van der Waals surface area contributed by atoms with Gasteiger partial charge in [0, 0.05) is 56.1 Å². The number of aromatic nitrogens is 2. The first-order chi connectivity index (χ1) is 13.6. The number of benzene rings is 1. The number of rotatable bonds is 4. The van der Waals surface area contributed by atoms with Crippen LogP contribution in [-0.4, -0.2) is 58.6 Å². The Morgan fingerprint density at radius 3 is 2.57 bits per heavy atom. The number of nitrogens with zero attached hydrogens (tertiary/aromatic N) is 5. The van der Waals surface area contributed by atoms with Crippen molar-refractivity contribution in [2.24, 2.45) is 5.16 Å². The van der Waals surface area contributed by atoms with Gasteiger partial charge in [0.2, 0.25) is 6.10 Å². The minimum absolute atomic E-state index is 0.0296. The van der Waals surface area contributed by atoms with E-state index >= 15 is 0 Å². The monoisotopic (exact) mass is 385 g/mol. The predicted octanol–water partition coefficient (Wildman–Crippen LogP) is 2.19. The van der Waals surface area contributed by atoms with Crippen LogP contribution in [-0.2, 0) is 16.2 Å². The van der Waals surface area contributed by atoms with Crippen LogP contribution >= 0.6 is 0 Å². The fourth-order valence-electron chi connectivity index (χ4n) is 3.76. The molecular weight excluding hydrogens is 361 g/mol. The molecule has 4 rings (SSSR count). The zero-order valence-corrected chi connectivity index (χ0v) is 16.1. The zero-order chi connectivity index (χ0) is 19.7. The number of carbonyl (C=O) groups excluding carboxylic acids is 1. The number of piperazine rings is 1. The summed E-state index contributed by atoms with van der Waals surface area (Å²) >= 11 is 0. The van der Waals surface area contributed by atoms with Crippen molar-refractivity contribution < 1.29 is 14.0 Å². The van der Waals surface area contributed by atoms with Gasteiger partial charge in [0.15, 0.2) is 0 Å². The standard InChI is InChI=1S/C20H24FN5O2/c1-3-26-14(2)17(13-22-26)18-12-19(28-23-18)20(27)25-10-8-24(9-11-25)16-6-4-15(21)5-7-16/h4-7,13,19H,3,8-12H2,1-2H3. The number of carbonyl (C=O) groups is 1. The van der Waals surface area contributed by atoms with E-state index in [0.717, 1.165) is 29.2 Å². The van der Waals surface area contributed by atoms with Gasteiger partial charge in [-0.05, 0) is 38.1 Å². The number of halogens is 1. The highest BCUT2D eigenvalue weighted by molar-refractivity contribution is 6.04. The molecule has 0 N–H and O–H groups in total. The summed E-state index contributed by atoms with van der Waals surface area (Å²) in [7, 11) is 0. The van der Waals surface area contributed by atoms with Gasteiger partial charge in [-0.2, -0.15) is 5.10 Å². The van der Waals surface area contributed by atoms with Crippen molar-refractivity contribution in [3.05, 3.63) is 47.5 Å². The van der Waals surface area contributed by atoms with E-state index in [1.54, 1.807) is 18.3 Å². The van der Waals surface area contributed by atoms with E-state index in [9.17, 15) is 9.18 Å². The van der Waals surface area contributed by atoms with Crippen molar-refractivity contribution in [1.29, 1.82) is 0 Å². The Kier molecular flexibility index (Phi) is 5.02. The Bertz CT molecular complexity index is 885. The molecule has 2 aromatic rings. The molecule has 28 heavy (non-hydrogen) atoms. The van der Waals surface area contributed by atoms with Gasteiger partial charge in [-0.15, -0.1) is 0 Å². The van der Waals surface area contributed by atoms with Crippen LogP contribution < -0.4 is 4.90 Å². The van der Waals surface area contributed by atoms with Gasteiger partial charge >= 0.3 is 0 Å². The summed E-state index contributed by atoms with van der Waals surface area (Å²) in [5.74, 6) is -0.274. The molecule has 1 amide bonds. The van der Waals surface area contributed by atoms with Crippen LogP contribution in [0, 0.1) is 12.7 Å². The summed E-state index contributed by atoms with van der Waals surface area (Å²) in [6.45, 7) is 7.46. The van der Waals surface area contributed by atoms with Crippen molar-refractivity contribution >= 4 is 17.3 Å².